The van der Waals surface area contributed by atoms with E-state index >= 15 is 0 Å². The van der Waals surface area contributed by atoms with Crippen LogP contribution >= 0.6 is 0 Å². The molecular formula is C18H37N5O. The molecule has 1 aliphatic rings. The fourth-order valence-corrected chi connectivity index (χ4v) is 3.20. The summed E-state index contributed by atoms with van der Waals surface area (Å²) in [5.41, 5.74) is 0. The van der Waals surface area contributed by atoms with Crippen LogP contribution in [0.5, 0.6) is 0 Å². The van der Waals surface area contributed by atoms with E-state index in [0.717, 1.165) is 38.7 Å². The molecule has 0 bridgehead atoms. The first-order valence-corrected chi connectivity index (χ1v) is 9.54. The number of hydrogen-bond acceptors (Lipinski definition) is 3. The van der Waals surface area contributed by atoms with Crippen LogP contribution in [0.3, 0.4) is 0 Å². The number of piperidine rings is 1. The topological polar surface area (TPSA) is 51.2 Å². The first-order valence-electron chi connectivity index (χ1n) is 9.54. The first-order chi connectivity index (χ1) is 11.5. The smallest absolute Gasteiger partial charge is 0.242 e. The van der Waals surface area contributed by atoms with Crippen molar-refractivity contribution in [2.75, 3.05) is 52.9 Å². The predicted octanol–water partition coefficient (Wildman–Crippen LogP) is 1.63. The lowest BCUT2D eigenvalue weighted by molar-refractivity contribution is -0.131. The van der Waals surface area contributed by atoms with E-state index in [9.17, 15) is 4.79 Å². The zero-order valence-corrected chi connectivity index (χ0v) is 16.3. The lowest BCUT2D eigenvalue weighted by Crippen LogP contribution is -2.46. The van der Waals surface area contributed by atoms with Gasteiger partial charge in [-0.25, -0.2) is 0 Å². The van der Waals surface area contributed by atoms with Crippen molar-refractivity contribution < 1.29 is 4.79 Å². The Morgan fingerprint density at radius 2 is 1.96 bits per heavy atom. The number of nitrogens with zero attached hydrogens (tertiary/aromatic N) is 4. The highest BCUT2D eigenvalue weighted by Crippen LogP contribution is 2.15. The fraction of sp³-hybridized carbons (Fsp3) is 0.889. The molecule has 1 aliphatic heterocycles. The molecule has 1 unspecified atom stereocenters. The van der Waals surface area contributed by atoms with Crippen LogP contribution in [0.4, 0.5) is 0 Å². The number of amides is 1. The minimum absolute atomic E-state index is 0.151. The van der Waals surface area contributed by atoms with Gasteiger partial charge in [-0.15, -0.1) is 0 Å². The maximum atomic E-state index is 12.3. The summed E-state index contributed by atoms with van der Waals surface area (Å²) < 4.78 is 0. The molecule has 6 nitrogen and oxygen atoms in total. The molecule has 1 amide bonds. The number of carbonyl (C=O) groups excluding carboxylic acids is 1. The number of guanidine groups is 1. The second-order valence-corrected chi connectivity index (χ2v) is 6.54. The summed E-state index contributed by atoms with van der Waals surface area (Å²) in [6.07, 6.45) is 3.94. The molecule has 0 aliphatic carbocycles. The van der Waals surface area contributed by atoms with E-state index in [-0.39, 0.29) is 5.91 Å². The van der Waals surface area contributed by atoms with Crippen molar-refractivity contribution in [3.05, 3.63) is 0 Å². The minimum atomic E-state index is 0.151. The van der Waals surface area contributed by atoms with Crippen LogP contribution in [-0.4, -0.2) is 85.5 Å². The second-order valence-electron chi connectivity index (χ2n) is 6.54. The van der Waals surface area contributed by atoms with Gasteiger partial charge in [-0.1, -0.05) is 6.42 Å². The van der Waals surface area contributed by atoms with Gasteiger partial charge in [0.15, 0.2) is 5.96 Å². The summed E-state index contributed by atoms with van der Waals surface area (Å²) in [6.45, 7) is 14.0. The van der Waals surface area contributed by atoms with Crippen molar-refractivity contribution in [2.24, 2.45) is 4.99 Å². The molecule has 140 valence electrons. The Kier molecular flexibility index (Phi) is 9.76. The van der Waals surface area contributed by atoms with E-state index in [1.807, 2.05) is 30.7 Å². The highest BCUT2D eigenvalue weighted by atomic mass is 16.2. The normalized spacial score (nSPS) is 19.2. The summed E-state index contributed by atoms with van der Waals surface area (Å²) in [5.74, 6) is 0.973. The van der Waals surface area contributed by atoms with Crippen molar-refractivity contribution in [3.8, 4) is 0 Å². The van der Waals surface area contributed by atoms with Crippen LogP contribution in [0.25, 0.3) is 0 Å². The van der Waals surface area contributed by atoms with E-state index in [4.69, 9.17) is 4.99 Å². The minimum Gasteiger partial charge on any atom is -0.357 e. The Labute approximate surface area is 148 Å². The van der Waals surface area contributed by atoms with Crippen molar-refractivity contribution in [1.29, 1.82) is 0 Å². The molecule has 0 aromatic rings. The molecular weight excluding hydrogens is 302 g/mol. The number of nitrogens with one attached hydrogen (secondary N) is 1. The van der Waals surface area contributed by atoms with E-state index in [1.165, 1.54) is 25.8 Å². The summed E-state index contributed by atoms with van der Waals surface area (Å²) in [6, 6.07) is 0.665. The van der Waals surface area contributed by atoms with Gasteiger partial charge in [-0.2, -0.15) is 0 Å². The Hall–Kier alpha value is -1.30. The molecule has 0 spiro atoms. The molecule has 0 aromatic heterocycles. The number of hydrogen-bond donors (Lipinski definition) is 1. The third-order valence-electron chi connectivity index (χ3n) is 4.77. The maximum absolute atomic E-state index is 12.3. The largest absolute Gasteiger partial charge is 0.357 e. The second kappa shape index (κ2) is 11.3. The zero-order valence-electron chi connectivity index (χ0n) is 16.3. The van der Waals surface area contributed by atoms with Crippen molar-refractivity contribution in [3.63, 3.8) is 0 Å². The van der Waals surface area contributed by atoms with Crippen LogP contribution < -0.4 is 5.32 Å². The average molecular weight is 340 g/mol. The summed E-state index contributed by atoms with van der Waals surface area (Å²) in [4.78, 5) is 23.3. The van der Waals surface area contributed by atoms with Crippen LogP contribution in [0.15, 0.2) is 4.99 Å². The van der Waals surface area contributed by atoms with Gasteiger partial charge in [0.25, 0.3) is 0 Å². The average Bonchev–Trinajstić information content (AvgIpc) is 2.56. The Bertz CT molecular complexity index is 395. The number of carbonyl (C=O) groups is 1. The lowest BCUT2D eigenvalue weighted by Gasteiger charge is -2.33. The molecule has 1 saturated heterocycles. The van der Waals surface area contributed by atoms with Gasteiger partial charge < -0.3 is 15.1 Å². The Morgan fingerprint density at radius 1 is 1.25 bits per heavy atom. The third-order valence-corrected chi connectivity index (χ3v) is 4.77. The predicted molar refractivity (Wildman–Crippen MR) is 101 cm³/mol. The van der Waals surface area contributed by atoms with Gasteiger partial charge >= 0.3 is 0 Å². The summed E-state index contributed by atoms with van der Waals surface area (Å²) in [7, 11) is 1.94. The molecule has 1 atom stereocenters. The monoisotopic (exact) mass is 339 g/mol. The van der Waals surface area contributed by atoms with Crippen LogP contribution in [0.1, 0.15) is 47.0 Å². The van der Waals surface area contributed by atoms with E-state index < -0.39 is 0 Å². The number of likely N-dealkylation sites (N-methyl/N-ethyl adjacent to an activating group) is 2. The van der Waals surface area contributed by atoms with E-state index in [2.05, 4.69) is 24.1 Å². The fourth-order valence-electron chi connectivity index (χ4n) is 3.20. The van der Waals surface area contributed by atoms with Crippen molar-refractivity contribution in [1.82, 2.24) is 20.0 Å². The van der Waals surface area contributed by atoms with Crippen LogP contribution in [-0.2, 0) is 4.79 Å². The van der Waals surface area contributed by atoms with Gasteiger partial charge in [0.05, 0.1) is 13.1 Å². The lowest BCUT2D eigenvalue weighted by atomic mass is 10.0. The number of likely N-dealkylation sites (tertiary alicyclic amines) is 1. The summed E-state index contributed by atoms with van der Waals surface area (Å²) >= 11 is 0. The summed E-state index contributed by atoms with van der Waals surface area (Å²) in [5, 5.41) is 3.30. The molecule has 6 heteroatoms. The first kappa shape index (κ1) is 20.7. The molecule has 24 heavy (non-hydrogen) atoms. The van der Waals surface area contributed by atoms with Crippen molar-refractivity contribution in [2.45, 2.75) is 53.0 Å². The van der Waals surface area contributed by atoms with Gasteiger partial charge in [-0.3, -0.25) is 14.7 Å². The Balaban J connectivity index is 2.55. The molecule has 1 rings (SSSR count). The molecule has 0 aromatic carbocycles. The molecule has 0 radical (unpaired) electrons. The van der Waals surface area contributed by atoms with Crippen LogP contribution in [0.2, 0.25) is 0 Å². The molecule has 0 saturated carbocycles. The van der Waals surface area contributed by atoms with E-state index in [1.54, 1.807) is 0 Å². The zero-order chi connectivity index (χ0) is 17.9. The van der Waals surface area contributed by atoms with Crippen LogP contribution in [0, 0.1) is 0 Å². The van der Waals surface area contributed by atoms with Gasteiger partial charge in [0, 0.05) is 39.3 Å². The molecule has 1 fully saturated rings. The van der Waals surface area contributed by atoms with E-state index in [0.29, 0.717) is 12.6 Å². The number of aliphatic imine (C=N–C) groups is 1. The highest BCUT2D eigenvalue weighted by molar-refractivity contribution is 5.86. The van der Waals surface area contributed by atoms with Gasteiger partial charge in [0.1, 0.15) is 0 Å². The van der Waals surface area contributed by atoms with Gasteiger partial charge in [-0.05, 0) is 47.1 Å². The third kappa shape index (κ3) is 6.67. The standard InChI is InChI=1S/C18H37N5O/c1-6-19-18(21(5)15-17(24)22(7-2)8-3)20-12-14-23-13-10-9-11-16(23)4/h16H,6-15H2,1-5H3,(H,19,20). The Morgan fingerprint density at radius 3 is 2.54 bits per heavy atom. The van der Waals surface area contributed by atoms with Crippen molar-refractivity contribution >= 4 is 11.9 Å². The highest BCUT2D eigenvalue weighted by Gasteiger charge is 2.18. The number of rotatable bonds is 8. The van der Waals surface area contributed by atoms with Gasteiger partial charge in [0.2, 0.25) is 5.91 Å². The molecule has 1 N–H and O–H groups in total. The maximum Gasteiger partial charge on any atom is 0.242 e. The SMILES string of the molecule is CCNC(=NCCN1CCCCC1C)N(C)CC(=O)N(CC)CC. The quantitative estimate of drug-likeness (QED) is 0.539. The molecule has 1 heterocycles.